The Balaban J connectivity index is 1.87. The second-order valence-corrected chi connectivity index (χ2v) is 8.54. The number of nitrogens with zero attached hydrogens (tertiary/aromatic N) is 1. The van der Waals surface area contributed by atoms with Crippen LogP contribution < -0.4 is 15.0 Å². The number of carbonyl (C=O) groups is 1. The first-order valence-electron chi connectivity index (χ1n) is 8.16. The predicted molar refractivity (Wildman–Crippen MR) is 100 cm³/mol. The van der Waals surface area contributed by atoms with E-state index in [-0.39, 0.29) is 16.9 Å². The second kappa shape index (κ2) is 8.20. The van der Waals surface area contributed by atoms with Crippen molar-refractivity contribution in [2.45, 2.75) is 31.1 Å². The molecule has 1 amide bonds. The Kier molecular flexibility index (Phi) is 6.20. The number of ether oxygens (including phenoxy) is 1. The fraction of sp³-hybridized carbons (Fsp3) is 0.263. The molecule has 2 rings (SSSR count). The third-order valence-electron chi connectivity index (χ3n) is 3.71. The molecule has 0 atom stereocenters. The van der Waals surface area contributed by atoms with Gasteiger partial charge in [-0.2, -0.15) is 5.26 Å². The molecule has 0 unspecified atom stereocenters. The average molecular weight is 387 g/mol. The molecule has 0 radical (unpaired) electrons. The minimum Gasteiger partial charge on any atom is -0.484 e. The van der Waals surface area contributed by atoms with Crippen molar-refractivity contribution in [3.8, 4) is 11.8 Å². The fourth-order valence-electron chi connectivity index (χ4n) is 2.13. The monoisotopic (exact) mass is 387 g/mol. The van der Waals surface area contributed by atoms with E-state index in [9.17, 15) is 13.2 Å². The molecular formula is C19H21N3O4S. The van der Waals surface area contributed by atoms with Crippen LogP contribution in [0.3, 0.4) is 0 Å². The molecule has 2 aromatic rings. The van der Waals surface area contributed by atoms with Crippen LogP contribution >= 0.6 is 0 Å². The van der Waals surface area contributed by atoms with Crippen molar-refractivity contribution in [1.82, 2.24) is 10.3 Å². The molecule has 0 aliphatic rings. The van der Waals surface area contributed by atoms with Crippen molar-refractivity contribution in [3.05, 3.63) is 59.7 Å². The van der Waals surface area contributed by atoms with Gasteiger partial charge in [0.05, 0.1) is 16.5 Å². The van der Waals surface area contributed by atoms with Gasteiger partial charge >= 0.3 is 0 Å². The van der Waals surface area contributed by atoms with E-state index in [4.69, 9.17) is 10.00 Å². The van der Waals surface area contributed by atoms with Crippen LogP contribution in [0.15, 0.2) is 53.4 Å². The normalized spacial score (nSPS) is 11.5. The molecule has 0 saturated carbocycles. The number of sulfonamides is 1. The highest BCUT2D eigenvalue weighted by Crippen LogP contribution is 2.24. The Labute approximate surface area is 159 Å². The molecule has 0 aliphatic heterocycles. The van der Waals surface area contributed by atoms with Crippen molar-refractivity contribution in [2.75, 3.05) is 6.61 Å². The topological polar surface area (TPSA) is 108 Å². The fourth-order valence-corrected chi connectivity index (χ4v) is 2.99. The molecule has 142 valence electrons. The summed E-state index contributed by atoms with van der Waals surface area (Å²) in [5, 5.41) is 8.73. The second-order valence-electron chi connectivity index (χ2n) is 6.85. The van der Waals surface area contributed by atoms with Crippen LogP contribution in [0.1, 0.15) is 31.9 Å². The molecule has 0 saturated heterocycles. The lowest BCUT2D eigenvalue weighted by molar-refractivity contribution is -0.123. The lowest BCUT2D eigenvalue weighted by Gasteiger charge is -2.19. The van der Waals surface area contributed by atoms with Crippen LogP contribution in [0, 0.1) is 11.3 Å². The minimum atomic E-state index is -3.93. The summed E-state index contributed by atoms with van der Waals surface area (Å²) in [4.78, 5) is 13.7. The predicted octanol–water partition coefficient (Wildman–Crippen LogP) is 2.24. The standard InChI is InChI=1S/C19H21N3O4S/c1-19(2,3)15-6-8-16(9-7-15)26-13-18(23)21-22-27(24,25)17-10-4-14(12-20)5-11-17/h4-11,22H,13H2,1-3H3,(H,21,23). The highest BCUT2D eigenvalue weighted by atomic mass is 32.2. The minimum absolute atomic E-state index is 0.0135. The van der Waals surface area contributed by atoms with Crippen LogP contribution in [0.2, 0.25) is 0 Å². The number of hydrogen-bond acceptors (Lipinski definition) is 5. The van der Waals surface area contributed by atoms with Gasteiger partial charge in [-0.15, -0.1) is 4.83 Å². The van der Waals surface area contributed by atoms with Gasteiger partial charge in [-0.05, 0) is 47.4 Å². The van der Waals surface area contributed by atoms with Crippen LogP contribution in [0.5, 0.6) is 5.75 Å². The summed E-state index contributed by atoms with van der Waals surface area (Å²) in [7, 11) is -3.93. The summed E-state index contributed by atoms with van der Waals surface area (Å²) < 4.78 is 29.5. The SMILES string of the molecule is CC(C)(C)c1ccc(OCC(=O)NNS(=O)(=O)c2ccc(C#N)cc2)cc1. The lowest BCUT2D eigenvalue weighted by atomic mass is 9.87. The van der Waals surface area contributed by atoms with Crippen molar-refractivity contribution in [2.24, 2.45) is 0 Å². The van der Waals surface area contributed by atoms with E-state index in [0.29, 0.717) is 11.3 Å². The van der Waals surface area contributed by atoms with Gasteiger partial charge in [-0.25, -0.2) is 8.42 Å². The van der Waals surface area contributed by atoms with E-state index in [1.54, 1.807) is 12.1 Å². The maximum absolute atomic E-state index is 12.1. The number of hydrogen-bond donors (Lipinski definition) is 2. The number of nitriles is 1. The van der Waals surface area contributed by atoms with E-state index in [0.717, 1.165) is 5.56 Å². The van der Waals surface area contributed by atoms with Gasteiger partial charge in [0, 0.05) is 0 Å². The largest absolute Gasteiger partial charge is 0.484 e. The zero-order chi connectivity index (χ0) is 20.1. The third kappa shape index (κ3) is 5.81. The molecule has 0 spiro atoms. The van der Waals surface area contributed by atoms with E-state index in [1.807, 2.05) is 23.0 Å². The third-order valence-corrected chi connectivity index (χ3v) is 4.97. The quantitative estimate of drug-likeness (QED) is 0.739. The first kappa shape index (κ1) is 20.4. The Morgan fingerprint density at radius 1 is 1.07 bits per heavy atom. The van der Waals surface area contributed by atoms with Crippen LogP contribution in [-0.2, 0) is 20.2 Å². The van der Waals surface area contributed by atoms with Crippen molar-refractivity contribution >= 4 is 15.9 Å². The van der Waals surface area contributed by atoms with E-state index >= 15 is 0 Å². The summed E-state index contributed by atoms with van der Waals surface area (Å²) in [5.41, 5.74) is 3.57. The van der Waals surface area contributed by atoms with E-state index in [2.05, 4.69) is 26.2 Å². The maximum atomic E-state index is 12.1. The van der Waals surface area contributed by atoms with E-state index < -0.39 is 15.9 Å². The summed E-state index contributed by atoms with van der Waals surface area (Å²) in [6.07, 6.45) is 0. The Hall–Kier alpha value is -2.89. The number of nitrogens with one attached hydrogen (secondary N) is 2. The molecule has 2 aromatic carbocycles. The highest BCUT2D eigenvalue weighted by Gasteiger charge is 2.16. The van der Waals surface area contributed by atoms with Gasteiger partial charge < -0.3 is 4.74 Å². The number of rotatable bonds is 6. The Morgan fingerprint density at radius 3 is 2.19 bits per heavy atom. The zero-order valence-electron chi connectivity index (χ0n) is 15.3. The van der Waals surface area contributed by atoms with Gasteiger partial charge in [0.25, 0.3) is 15.9 Å². The molecular weight excluding hydrogens is 366 g/mol. The molecule has 8 heteroatoms. The molecule has 0 heterocycles. The van der Waals surface area contributed by atoms with Gasteiger partial charge in [0.15, 0.2) is 6.61 Å². The van der Waals surface area contributed by atoms with Gasteiger partial charge in [-0.1, -0.05) is 32.9 Å². The molecule has 0 aromatic heterocycles. The van der Waals surface area contributed by atoms with E-state index in [1.165, 1.54) is 24.3 Å². The summed E-state index contributed by atoms with van der Waals surface area (Å²) in [6, 6.07) is 14.6. The van der Waals surface area contributed by atoms with Gasteiger partial charge in [0.1, 0.15) is 5.75 Å². The number of benzene rings is 2. The Bertz CT molecular complexity index is 938. The number of hydrazine groups is 1. The number of amides is 1. The van der Waals surface area contributed by atoms with Crippen LogP contribution in [0.4, 0.5) is 0 Å². The van der Waals surface area contributed by atoms with Gasteiger partial charge in [0.2, 0.25) is 0 Å². The molecule has 7 nitrogen and oxygen atoms in total. The molecule has 0 aliphatic carbocycles. The maximum Gasteiger partial charge on any atom is 0.272 e. The Morgan fingerprint density at radius 2 is 1.67 bits per heavy atom. The lowest BCUT2D eigenvalue weighted by Crippen LogP contribution is -2.43. The summed E-state index contributed by atoms with van der Waals surface area (Å²) >= 11 is 0. The smallest absolute Gasteiger partial charge is 0.272 e. The van der Waals surface area contributed by atoms with Crippen LogP contribution in [-0.4, -0.2) is 20.9 Å². The summed E-state index contributed by atoms with van der Waals surface area (Å²) in [6.45, 7) is 5.94. The summed E-state index contributed by atoms with van der Waals surface area (Å²) in [5.74, 6) is -0.139. The zero-order valence-corrected chi connectivity index (χ0v) is 16.1. The molecule has 0 bridgehead atoms. The number of carbonyl (C=O) groups excluding carboxylic acids is 1. The molecule has 0 fully saturated rings. The highest BCUT2D eigenvalue weighted by molar-refractivity contribution is 7.89. The van der Waals surface area contributed by atoms with Crippen molar-refractivity contribution < 1.29 is 17.9 Å². The van der Waals surface area contributed by atoms with Crippen molar-refractivity contribution in [3.63, 3.8) is 0 Å². The van der Waals surface area contributed by atoms with Crippen LogP contribution in [0.25, 0.3) is 0 Å². The average Bonchev–Trinajstić information content (AvgIpc) is 2.64. The van der Waals surface area contributed by atoms with Crippen molar-refractivity contribution in [1.29, 1.82) is 5.26 Å². The molecule has 27 heavy (non-hydrogen) atoms. The molecule has 2 N–H and O–H groups in total. The first-order valence-corrected chi connectivity index (χ1v) is 9.64. The first-order chi connectivity index (χ1) is 12.6. The van der Waals surface area contributed by atoms with Gasteiger partial charge in [-0.3, -0.25) is 10.2 Å².